The molecule has 0 saturated carbocycles. The van der Waals surface area contributed by atoms with Gasteiger partial charge < -0.3 is 14.5 Å². The number of rotatable bonds is 2. The van der Waals surface area contributed by atoms with E-state index in [2.05, 4.69) is 16.0 Å². The lowest BCUT2D eigenvalue weighted by atomic mass is 10.0. The van der Waals surface area contributed by atoms with Crippen LogP contribution >= 0.6 is 0 Å². The Hall–Kier alpha value is -2.29. The molecule has 23 heavy (non-hydrogen) atoms. The van der Waals surface area contributed by atoms with Crippen molar-refractivity contribution in [2.75, 3.05) is 25.0 Å². The molecule has 6 nitrogen and oxygen atoms in total. The summed E-state index contributed by atoms with van der Waals surface area (Å²) in [6.07, 6.45) is 3.25. The maximum Gasteiger partial charge on any atom is 0.410 e. The van der Waals surface area contributed by atoms with Crippen LogP contribution in [-0.2, 0) is 4.74 Å². The highest BCUT2D eigenvalue weighted by atomic mass is 16.6. The van der Waals surface area contributed by atoms with Gasteiger partial charge in [-0.2, -0.15) is 5.26 Å². The fourth-order valence-electron chi connectivity index (χ4n) is 2.62. The summed E-state index contributed by atoms with van der Waals surface area (Å²) in [5.74, 6) is 0.784. The minimum absolute atomic E-state index is 0.0751. The Bertz CT molecular complexity index is 603. The number of nitriles is 1. The zero-order chi connectivity index (χ0) is 17.0. The van der Waals surface area contributed by atoms with Crippen molar-refractivity contribution in [2.45, 2.75) is 45.3 Å². The first-order chi connectivity index (χ1) is 10.8. The molecule has 0 unspecified atom stereocenters. The summed E-state index contributed by atoms with van der Waals surface area (Å²) >= 11 is 0. The summed E-state index contributed by atoms with van der Waals surface area (Å²) in [6, 6.07) is 5.69. The highest BCUT2D eigenvalue weighted by Gasteiger charge is 2.29. The predicted octanol–water partition coefficient (Wildman–Crippen LogP) is 2.79. The average Bonchev–Trinajstić information content (AvgIpc) is 2.52. The van der Waals surface area contributed by atoms with Crippen LogP contribution < -0.4 is 4.90 Å². The molecule has 1 amide bonds. The van der Waals surface area contributed by atoms with Crippen LogP contribution in [-0.4, -0.2) is 47.8 Å². The lowest BCUT2D eigenvalue weighted by Gasteiger charge is -2.38. The standard InChI is InChI=1S/C17H24N4O2/c1-17(2,3)23-16(22)20(4)14-6-5-9-21(12-14)15-10-13(11-18)7-8-19-15/h7-8,10,14H,5-6,9,12H2,1-4H3/t14-/m0/s1. The summed E-state index contributed by atoms with van der Waals surface area (Å²) in [4.78, 5) is 20.4. The summed E-state index contributed by atoms with van der Waals surface area (Å²) in [6.45, 7) is 7.16. The molecule has 6 heteroatoms. The molecule has 1 aromatic heterocycles. The number of amides is 1. The highest BCUT2D eigenvalue weighted by molar-refractivity contribution is 5.68. The van der Waals surface area contributed by atoms with Crippen molar-refractivity contribution in [1.82, 2.24) is 9.88 Å². The molecule has 1 fully saturated rings. The van der Waals surface area contributed by atoms with Crippen LogP contribution in [0.4, 0.5) is 10.6 Å². The number of carbonyl (C=O) groups excluding carboxylic acids is 1. The fraction of sp³-hybridized carbons (Fsp3) is 0.588. The lowest BCUT2D eigenvalue weighted by Crippen LogP contribution is -2.50. The SMILES string of the molecule is CN(C(=O)OC(C)(C)C)[C@H]1CCCN(c2cc(C#N)ccn2)C1. The van der Waals surface area contributed by atoms with Crippen LogP contribution in [0.5, 0.6) is 0 Å². The van der Waals surface area contributed by atoms with E-state index in [1.165, 1.54) is 0 Å². The van der Waals surface area contributed by atoms with Gasteiger partial charge in [-0.3, -0.25) is 0 Å². The normalized spacial score (nSPS) is 18.2. The third kappa shape index (κ3) is 4.59. The van der Waals surface area contributed by atoms with Crippen molar-refractivity contribution in [3.8, 4) is 6.07 Å². The van der Waals surface area contributed by atoms with Crippen molar-refractivity contribution in [3.05, 3.63) is 23.9 Å². The van der Waals surface area contributed by atoms with Gasteiger partial charge in [0.25, 0.3) is 0 Å². The Morgan fingerprint density at radius 2 is 2.26 bits per heavy atom. The Morgan fingerprint density at radius 1 is 1.52 bits per heavy atom. The monoisotopic (exact) mass is 316 g/mol. The second kappa shape index (κ2) is 6.86. The Labute approximate surface area is 137 Å². The van der Waals surface area contributed by atoms with Gasteiger partial charge in [0.05, 0.1) is 17.7 Å². The molecule has 0 radical (unpaired) electrons. The Balaban J connectivity index is 2.05. The van der Waals surface area contributed by atoms with E-state index in [-0.39, 0.29) is 12.1 Å². The molecule has 1 saturated heterocycles. The highest BCUT2D eigenvalue weighted by Crippen LogP contribution is 2.22. The molecule has 2 rings (SSSR count). The number of nitrogens with zero attached hydrogens (tertiary/aromatic N) is 4. The van der Waals surface area contributed by atoms with Crippen LogP contribution in [0.2, 0.25) is 0 Å². The van der Waals surface area contributed by atoms with Crippen molar-refractivity contribution in [2.24, 2.45) is 0 Å². The van der Waals surface area contributed by atoms with E-state index in [4.69, 9.17) is 10.00 Å². The number of hydrogen-bond donors (Lipinski definition) is 0. The molecule has 0 spiro atoms. The number of pyridine rings is 1. The molecule has 1 atom stereocenters. The minimum atomic E-state index is -0.498. The van der Waals surface area contributed by atoms with E-state index in [1.54, 1.807) is 30.3 Å². The first-order valence-electron chi connectivity index (χ1n) is 7.87. The Morgan fingerprint density at radius 3 is 2.91 bits per heavy atom. The number of ether oxygens (including phenoxy) is 1. The van der Waals surface area contributed by atoms with Crippen LogP contribution in [0.3, 0.4) is 0 Å². The van der Waals surface area contributed by atoms with Gasteiger partial charge in [0.1, 0.15) is 11.4 Å². The fourth-order valence-corrected chi connectivity index (χ4v) is 2.62. The molecule has 0 N–H and O–H groups in total. The number of piperidine rings is 1. The number of carbonyl (C=O) groups is 1. The first-order valence-corrected chi connectivity index (χ1v) is 7.87. The van der Waals surface area contributed by atoms with Gasteiger partial charge in [0, 0.05) is 26.3 Å². The second-order valence-electron chi connectivity index (χ2n) is 6.85. The van der Waals surface area contributed by atoms with Gasteiger partial charge in [-0.15, -0.1) is 0 Å². The number of anilines is 1. The van der Waals surface area contributed by atoms with Crippen LogP contribution in [0.15, 0.2) is 18.3 Å². The van der Waals surface area contributed by atoms with E-state index < -0.39 is 5.60 Å². The molecule has 124 valence electrons. The van der Waals surface area contributed by atoms with Gasteiger partial charge in [-0.25, -0.2) is 9.78 Å². The van der Waals surface area contributed by atoms with Crippen LogP contribution in [0.1, 0.15) is 39.2 Å². The first kappa shape index (κ1) is 17.1. The maximum absolute atomic E-state index is 12.2. The molecule has 0 bridgehead atoms. The smallest absolute Gasteiger partial charge is 0.410 e. The van der Waals surface area contributed by atoms with Gasteiger partial charge >= 0.3 is 6.09 Å². The largest absolute Gasteiger partial charge is 0.444 e. The zero-order valence-electron chi connectivity index (χ0n) is 14.2. The molecule has 1 aromatic rings. The zero-order valence-corrected chi connectivity index (χ0v) is 14.2. The third-order valence-corrected chi connectivity index (χ3v) is 3.82. The van der Waals surface area contributed by atoms with Gasteiger partial charge in [0.2, 0.25) is 0 Å². The summed E-state index contributed by atoms with van der Waals surface area (Å²) in [5, 5.41) is 9.02. The molecule has 2 heterocycles. The van der Waals surface area contributed by atoms with Crippen LogP contribution in [0, 0.1) is 11.3 Å². The third-order valence-electron chi connectivity index (χ3n) is 3.82. The summed E-state index contributed by atoms with van der Waals surface area (Å²) < 4.78 is 5.44. The molecular formula is C17H24N4O2. The molecule has 1 aliphatic rings. The van der Waals surface area contributed by atoms with E-state index in [0.717, 1.165) is 25.2 Å². The van der Waals surface area contributed by atoms with E-state index in [9.17, 15) is 4.79 Å². The van der Waals surface area contributed by atoms with Crippen molar-refractivity contribution < 1.29 is 9.53 Å². The van der Waals surface area contributed by atoms with E-state index in [0.29, 0.717) is 12.1 Å². The number of likely N-dealkylation sites (N-methyl/N-ethyl adjacent to an activating group) is 1. The van der Waals surface area contributed by atoms with Crippen molar-refractivity contribution in [3.63, 3.8) is 0 Å². The number of hydrogen-bond acceptors (Lipinski definition) is 5. The van der Waals surface area contributed by atoms with Gasteiger partial charge in [0.15, 0.2) is 0 Å². The van der Waals surface area contributed by atoms with Gasteiger partial charge in [-0.05, 0) is 45.7 Å². The van der Waals surface area contributed by atoms with E-state index >= 15 is 0 Å². The lowest BCUT2D eigenvalue weighted by molar-refractivity contribution is 0.0209. The van der Waals surface area contributed by atoms with Crippen molar-refractivity contribution >= 4 is 11.9 Å². The summed E-state index contributed by atoms with van der Waals surface area (Å²) in [7, 11) is 1.78. The quantitative estimate of drug-likeness (QED) is 0.839. The van der Waals surface area contributed by atoms with Crippen molar-refractivity contribution in [1.29, 1.82) is 5.26 Å². The van der Waals surface area contributed by atoms with E-state index in [1.807, 2.05) is 20.8 Å². The van der Waals surface area contributed by atoms with Gasteiger partial charge in [-0.1, -0.05) is 0 Å². The maximum atomic E-state index is 12.2. The molecule has 0 aromatic carbocycles. The molecular weight excluding hydrogens is 292 g/mol. The summed E-state index contributed by atoms with van der Waals surface area (Å²) in [5.41, 5.74) is 0.0974. The molecule has 0 aliphatic carbocycles. The Kier molecular flexibility index (Phi) is 5.09. The number of aromatic nitrogens is 1. The predicted molar refractivity (Wildman–Crippen MR) is 88.2 cm³/mol. The second-order valence-corrected chi connectivity index (χ2v) is 6.85. The minimum Gasteiger partial charge on any atom is -0.444 e. The topological polar surface area (TPSA) is 69.5 Å². The van der Waals surface area contributed by atoms with Crippen LogP contribution in [0.25, 0.3) is 0 Å². The molecule has 1 aliphatic heterocycles. The average molecular weight is 316 g/mol.